The van der Waals surface area contributed by atoms with Crippen molar-refractivity contribution in [3.05, 3.63) is 30.6 Å². The third kappa shape index (κ3) is 3.28. The second-order valence-corrected chi connectivity index (χ2v) is 5.39. The molecule has 0 aliphatic carbocycles. The molecule has 118 valence electrons. The summed E-state index contributed by atoms with van der Waals surface area (Å²) in [5.41, 5.74) is 0.862. The van der Waals surface area contributed by atoms with Gasteiger partial charge in [0.15, 0.2) is 5.75 Å². The topological polar surface area (TPSA) is 83.2 Å². The second-order valence-electron chi connectivity index (χ2n) is 5.39. The molecule has 1 N–H and O–H groups in total. The SMILES string of the molecule is Cn1cc(O[C@@H]2COC[C@@H]2NC(=O)Cc2cncn2C)cn1. The third-order valence-electron chi connectivity index (χ3n) is 3.60. The van der Waals surface area contributed by atoms with Crippen molar-refractivity contribution in [2.24, 2.45) is 14.1 Å². The van der Waals surface area contributed by atoms with Crippen molar-refractivity contribution in [3.63, 3.8) is 0 Å². The van der Waals surface area contributed by atoms with E-state index in [1.165, 1.54) is 0 Å². The molecule has 2 atom stereocenters. The van der Waals surface area contributed by atoms with Crippen LogP contribution in [0.4, 0.5) is 0 Å². The molecule has 2 aromatic heterocycles. The van der Waals surface area contributed by atoms with Crippen molar-refractivity contribution >= 4 is 5.91 Å². The van der Waals surface area contributed by atoms with E-state index in [4.69, 9.17) is 9.47 Å². The number of carbonyl (C=O) groups excluding carboxylic acids is 1. The van der Waals surface area contributed by atoms with Gasteiger partial charge in [-0.15, -0.1) is 0 Å². The van der Waals surface area contributed by atoms with Crippen LogP contribution in [0.25, 0.3) is 0 Å². The van der Waals surface area contributed by atoms with E-state index in [1.807, 2.05) is 18.7 Å². The number of ether oxygens (including phenoxy) is 2. The van der Waals surface area contributed by atoms with Gasteiger partial charge in [-0.1, -0.05) is 0 Å². The average Bonchev–Trinajstić information content (AvgIpc) is 3.16. The normalized spacial score (nSPS) is 21.0. The smallest absolute Gasteiger partial charge is 0.226 e. The molecule has 1 amide bonds. The molecule has 0 bridgehead atoms. The molecule has 3 rings (SSSR count). The number of hydrogen-bond donors (Lipinski definition) is 1. The predicted molar refractivity (Wildman–Crippen MR) is 77.3 cm³/mol. The first-order valence-electron chi connectivity index (χ1n) is 7.09. The van der Waals surface area contributed by atoms with Gasteiger partial charge in [0.1, 0.15) is 6.10 Å². The fraction of sp³-hybridized carbons (Fsp3) is 0.500. The van der Waals surface area contributed by atoms with E-state index in [1.54, 1.807) is 29.6 Å². The quantitative estimate of drug-likeness (QED) is 0.817. The number of nitrogens with one attached hydrogen (secondary N) is 1. The van der Waals surface area contributed by atoms with Crippen molar-refractivity contribution < 1.29 is 14.3 Å². The minimum absolute atomic E-state index is 0.0705. The van der Waals surface area contributed by atoms with Gasteiger partial charge in [-0.05, 0) is 0 Å². The van der Waals surface area contributed by atoms with Crippen LogP contribution in [-0.4, -0.2) is 50.6 Å². The molecular formula is C14H19N5O3. The average molecular weight is 305 g/mol. The van der Waals surface area contributed by atoms with Crippen LogP contribution in [0.3, 0.4) is 0 Å². The van der Waals surface area contributed by atoms with E-state index in [0.717, 1.165) is 5.69 Å². The van der Waals surface area contributed by atoms with Gasteiger partial charge in [0.25, 0.3) is 0 Å². The first-order chi connectivity index (χ1) is 10.6. The van der Waals surface area contributed by atoms with Crippen molar-refractivity contribution in [2.75, 3.05) is 13.2 Å². The van der Waals surface area contributed by atoms with Crippen molar-refractivity contribution in [2.45, 2.75) is 18.6 Å². The highest BCUT2D eigenvalue weighted by molar-refractivity contribution is 5.78. The monoisotopic (exact) mass is 305 g/mol. The van der Waals surface area contributed by atoms with E-state index < -0.39 is 0 Å². The van der Waals surface area contributed by atoms with Crippen LogP contribution < -0.4 is 10.1 Å². The Balaban J connectivity index is 1.56. The Morgan fingerprint density at radius 3 is 3.00 bits per heavy atom. The molecule has 0 spiro atoms. The van der Waals surface area contributed by atoms with Gasteiger partial charge in [0.05, 0.1) is 44.4 Å². The minimum atomic E-state index is -0.209. The number of aryl methyl sites for hydroxylation is 2. The lowest BCUT2D eigenvalue weighted by Crippen LogP contribution is -2.45. The fourth-order valence-electron chi connectivity index (χ4n) is 2.40. The molecular weight excluding hydrogens is 286 g/mol. The molecule has 0 unspecified atom stereocenters. The zero-order valence-corrected chi connectivity index (χ0v) is 12.6. The summed E-state index contributed by atoms with van der Waals surface area (Å²) in [6.07, 6.45) is 6.87. The van der Waals surface area contributed by atoms with E-state index >= 15 is 0 Å². The largest absolute Gasteiger partial charge is 0.482 e. The summed E-state index contributed by atoms with van der Waals surface area (Å²) in [6.45, 7) is 0.896. The van der Waals surface area contributed by atoms with Crippen LogP contribution in [-0.2, 0) is 30.0 Å². The molecule has 0 saturated carbocycles. The lowest BCUT2D eigenvalue weighted by atomic mass is 10.2. The van der Waals surface area contributed by atoms with Gasteiger partial charge in [-0.2, -0.15) is 5.10 Å². The molecule has 8 heteroatoms. The molecule has 1 aliphatic heterocycles. The van der Waals surface area contributed by atoms with Gasteiger partial charge in [0, 0.05) is 26.0 Å². The summed E-state index contributed by atoms with van der Waals surface area (Å²) < 4.78 is 14.7. The maximum atomic E-state index is 12.1. The second kappa shape index (κ2) is 6.18. The Morgan fingerprint density at radius 2 is 2.32 bits per heavy atom. The molecule has 1 aliphatic rings. The fourth-order valence-corrected chi connectivity index (χ4v) is 2.40. The number of aromatic nitrogens is 4. The number of rotatable bonds is 5. The summed E-state index contributed by atoms with van der Waals surface area (Å²) in [5, 5.41) is 7.02. The number of nitrogens with zero attached hydrogens (tertiary/aromatic N) is 4. The lowest BCUT2D eigenvalue weighted by Gasteiger charge is -2.19. The molecule has 1 fully saturated rings. The number of amides is 1. The van der Waals surface area contributed by atoms with Crippen molar-refractivity contribution in [1.29, 1.82) is 0 Å². The molecule has 8 nitrogen and oxygen atoms in total. The maximum Gasteiger partial charge on any atom is 0.226 e. The highest BCUT2D eigenvalue weighted by atomic mass is 16.5. The van der Waals surface area contributed by atoms with Crippen LogP contribution >= 0.6 is 0 Å². The Bertz CT molecular complexity index is 650. The molecule has 0 radical (unpaired) electrons. The molecule has 22 heavy (non-hydrogen) atoms. The van der Waals surface area contributed by atoms with Crippen LogP contribution in [0.5, 0.6) is 5.75 Å². The van der Waals surface area contributed by atoms with E-state index in [-0.39, 0.29) is 24.5 Å². The minimum Gasteiger partial charge on any atom is -0.482 e. The van der Waals surface area contributed by atoms with Crippen LogP contribution in [0.2, 0.25) is 0 Å². The molecule has 0 aromatic carbocycles. The van der Waals surface area contributed by atoms with Gasteiger partial charge < -0.3 is 19.4 Å². The van der Waals surface area contributed by atoms with Crippen LogP contribution in [0.15, 0.2) is 24.9 Å². The maximum absolute atomic E-state index is 12.1. The standard InChI is InChI=1S/C14H19N5O3/c1-18-9-15-4-10(18)3-14(20)17-12-7-21-8-13(12)22-11-5-16-19(2)6-11/h4-6,9,12-13H,3,7-8H2,1-2H3,(H,17,20)/t12-,13+/m0/s1. The van der Waals surface area contributed by atoms with Crippen molar-refractivity contribution in [3.8, 4) is 5.75 Å². The van der Waals surface area contributed by atoms with E-state index in [2.05, 4.69) is 15.4 Å². The molecule has 1 saturated heterocycles. The van der Waals surface area contributed by atoms with Gasteiger partial charge in [0.2, 0.25) is 5.91 Å². The Labute approximate surface area is 128 Å². The summed E-state index contributed by atoms with van der Waals surface area (Å²) in [7, 11) is 3.69. The van der Waals surface area contributed by atoms with E-state index in [9.17, 15) is 4.79 Å². The molecule has 3 heterocycles. The Hall–Kier alpha value is -2.35. The first kappa shape index (κ1) is 14.6. The number of hydrogen-bond acceptors (Lipinski definition) is 5. The molecule has 2 aromatic rings. The zero-order valence-electron chi connectivity index (χ0n) is 12.6. The zero-order chi connectivity index (χ0) is 15.5. The number of imidazole rings is 1. The lowest BCUT2D eigenvalue weighted by molar-refractivity contribution is -0.121. The first-order valence-corrected chi connectivity index (χ1v) is 7.09. The highest BCUT2D eigenvalue weighted by Gasteiger charge is 2.31. The number of carbonyl (C=O) groups is 1. The summed E-state index contributed by atoms with van der Waals surface area (Å²) >= 11 is 0. The van der Waals surface area contributed by atoms with E-state index in [0.29, 0.717) is 19.0 Å². The van der Waals surface area contributed by atoms with Crippen molar-refractivity contribution in [1.82, 2.24) is 24.6 Å². The van der Waals surface area contributed by atoms with Gasteiger partial charge in [-0.25, -0.2) is 4.98 Å². The summed E-state index contributed by atoms with van der Waals surface area (Å²) in [5.74, 6) is 0.600. The third-order valence-corrected chi connectivity index (χ3v) is 3.60. The summed E-state index contributed by atoms with van der Waals surface area (Å²) in [6, 6.07) is -0.166. The van der Waals surface area contributed by atoms with Gasteiger partial charge in [-0.3, -0.25) is 9.48 Å². The predicted octanol–water partition coefficient (Wildman–Crippen LogP) is -0.341. The van der Waals surface area contributed by atoms with Crippen LogP contribution in [0, 0.1) is 0 Å². The highest BCUT2D eigenvalue weighted by Crippen LogP contribution is 2.16. The van der Waals surface area contributed by atoms with Gasteiger partial charge >= 0.3 is 0 Å². The summed E-state index contributed by atoms with van der Waals surface area (Å²) in [4.78, 5) is 16.1. The Morgan fingerprint density at radius 1 is 1.45 bits per heavy atom. The van der Waals surface area contributed by atoms with Crippen LogP contribution in [0.1, 0.15) is 5.69 Å². The Kier molecular flexibility index (Phi) is 4.10.